The standard InChI is InChI=1S/C25H23ClN4O/c1-15-6-12-22(18(4)13-15)30-24(19-8-10-20(26)11-9-19)28-23(29-30)25(31)27-21-14-16(2)5-7-17(21)3/h5-14H,1-4H3,(H,27,31). The van der Waals surface area contributed by atoms with Crippen molar-refractivity contribution >= 4 is 23.2 Å². The van der Waals surface area contributed by atoms with Crippen molar-refractivity contribution in [1.82, 2.24) is 14.8 Å². The Morgan fingerprint density at radius 3 is 2.26 bits per heavy atom. The molecule has 0 aliphatic heterocycles. The van der Waals surface area contributed by atoms with Gasteiger partial charge in [-0.05, 0) is 80.8 Å². The fraction of sp³-hybridized carbons (Fsp3) is 0.160. The molecule has 0 radical (unpaired) electrons. The fourth-order valence-corrected chi connectivity index (χ4v) is 3.58. The van der Waals surface area contributed by atoms with Crippen LogP contribution in [0.3, 0.4) is 0 Å². The Morgan fingerprint density at radius 2 is 1.55 bits per heavy atom. The van der Waals surface area contributed by atoms with Crippen LogP contribution in [-0.2, 0) is 0 Å². The van der Waals surface area contributed by atoms with Gasteiger partial charge in [0, 0.05) is 16.3 Å². The summed E-state index contributed by atoms with van der Waals surface area (Å²) in [5.41, 5.74) is 6.68. The third-order valence-corrected chi connectivity index (χ3v) is 5.39. The van der Waals surface area contributed by atoms with Crippen molar-refractivity contribution in [3.8, 4) is 17.1 Å². The van der Waals surface area contributed by atoms with Crippen molar-refractivity contribution in [1.29, 1.82) is 0 Å². The van der Waals surface area contributed by atoms with Gasteiger partial charge in [-0.1, -0.05) is 41.4 Å². The summed E-state index contributed by atoms with van der Waals surface area (Å²) in [6.45, 7) is 8.00. The normalized spacial score (nSPS) is 10.9. The molecule has 3 aromatic carbocycles. The molecule has 156 valence electrons. The first-order chi connectivity index (χ1) is 14.8. The van der Waals surface area contributed by atoms with Crippen molar-refractivity contribution in [2.75, 3.05) is 5.32 Å². The first-order valence-electron chi connectivity index (χ1n) is 10.0. The largest absolute Gasteiger partial charge is 0.319 e. The third-order valence-electron chi connectivity index (χ3n) is 5.13. The van der Waals surface area contributed by atoms with E-state index in [2.05, 4.69) is 21.5 Å². The lowest BCUT2D eigenvalue weighted by Gasteiger charge is -2.10. The summed E-state index contributed by atoms with van der Waals surface area (Å²) in [6.07, 6.45) is 0. The second-order valence-corrected chi connectivity index (χ2v) is 8.18. The topological polar surface area (TPSA) is 59.8 Å². The zero-order valence-electron chi connectivity index (χ0n) is 17.9. The van der Waals surface area contributed by atoms with Gasteiger partial charge in [-0.3, -0.25) is 4.79 Å². The molecule has 0 spiro atoms. The van der Waals surface area contributed by atoms with Gasteiger partial charge in [-0.15, -0.1) is 5.10 Å². The highest BCUT2D eigenvalue weighted by Crippen LogP contribution is 2.26. The van der Waals surface area contributed by atoms with E-state index >= 15 is 0 Å². The lowest BCUT2D eigenvalue weighted by molar-refractivity contribution is 0.101. The van der Waals surface area contributed by atoms with E-state index in [0.29, 0.717) is 10.8 Å². The van der Waals surface area contributed by atoms with E-state index < -0.39 is 0 Å². The number of aromatic nitrogens is 3. The van der Waals surface area contributed by atoms with Crippen LogP contribution in [0.15, 0.2) is 60.7 Å². The molecule has 0 unspecified atom stereocenters. The van der Waals surface area contributed by atoms with Crippen LogP contribution < -0.4 is 5.32 Å². The van der Waals surface area contributed by atoms with Gasteiger partial charge in [0.1, 0.15) is 0 Å². The van der Waals surface area contributed by atoms with E-state index in [-0.39, 0.29) is 11.7 Å². The summed E-state index contributed by atoms with van der Waals surface area (Å²) < 4.78 is 1.72. The van der Waals surface area contributed by atoms with Crippen LogP contribution in [0.2, 0.25) is 5.02 Å². The van der Waals surface area contributed by atoms with Gasteiger partial charge >= 0.3 is 0 Å². The molecule has 0 aliphatic rings. The highest BCUT2D eigenvalue weighted by Gasteiger charge is 2.20. The van der Waals surface area contributed by atoms with Gasteiger partial charge in [0.05, 0.1) is 5.69 Å². The first-order valence-corrected chi connectivity index (χ1v) is 10.4. The summed E-state index contributed by atoms with van der Waals surface area (Å²) in [5, 5.41) is 8.16. The molecule has 6 heteroatoms. The van der Waals surface area contributed by atoms with Gasteiger partial charge < -0.3 is 5.32 Å². The summed E-state index contributed by atoms with van der Waals surface area (Å²) in [5.74, 6) is 0.327. The molecule has 0 saturated carbocycles. The van der Waals surface area contributed by atoms with E-state index in [9.17, 15) is 4.79 Å². The molecule has 1 heterocycles. The molecule has 0 fully saturated rings. The van der Waals surface area contributed by atoms with Crippen molar-refractivity contribution in [2.45, 2.75) is 27.7 Å². The monoisotopic (exact) mass is 430 g/mol. The number of benzene rings is 3. The number of hydrogen-bond donors (Lipinski definition) is 1. The van der Waals surface area contributed by atoms with Gasteiger partial charge in [-0.25, -0.2) is 9.67 Å². The van der Waals surface area contributed by atoms with Crippen LogP contribution in [-0.4, -0.2) is 20.7 Å². The Kier molecular flexibility index (Phi) is 5.61. The Labute approximate surface area is 186 Å². The molecule has 0 bridgehead atoms. The fourth-order valence-electron chi connectivity index (χ4n) is 3.45. The second-order valence-electron chi connectivity index (χ2n) is 7.74. The van der Waals surface area contributed by atoms with E-state index in [1.807, 2.05) is 70.2 Å². The van der Waals surface area contributed by atoms with Crippen LogP contribution in [0.5, 0.6) is 0 Å². The molecule has 1 N–H and O–H groups in total. The zero-order valence-corrected chi connectivity index (χ0v) is 18.7. The molecular formula is C25H23ClN4O. The second kappa shape index (κ2) is 8.36. The molecule has 0 atom stereocenters. The van der Waals surface area contributed by atoms with Crippen molar-refractivity contribution in [2.24, 2.45) is 0 Å². The van der Waals surface area contributed by atoms with Gasteiger partial charge in [0.25, 0.3) is 5.91 Å². The van der Waals surface area contributed by atoms with E-state index in [1.54, 1.807) is 16.8 Å². The Hall–Kier alpha value is -3.44. The van der Waals surface area contributed by atoms with Crippen molar-refractivity contribution in [3.05, 3.63) is 93.8 Å². The summed E-state index contributed by atoms with van der Waals surface area (Å²) in [7, 11) is 0. The third kappa shape index (κ3) is 4.37. The maximum absolute atomic E-state index is 13.0. The molecule has 4 aromatic rings. The Balaban J connectivity index is 1.80. The minimum atomic E-state index is -0.354. The number of aryl methyl sites for hydroxylation is 4. The molecule has 5 nitrogen and oxygen atoms in total. The molecule has 31 heavy (non-hydrogen) atoms. The Morgan fingerprint density at radius 1 is 0.871 bits per heavy atom. The van der Waals surface area contributed by atoms with Gasteiger partial charge in [0.2, 0.25) is 5.82 Å². The number of anilines is 1. The maximum atomic E-state index is 13.0. The van der Waals surface area contributed by atoms with Crippen LogP contribution >= 0.6 is 11.6 Å². The maximum Gasteiger partial charge on any atom is 0.295 e. The Bertz CT molecular complexity index is 1280. The number of halogens is 1. The van der Waals surface area contributed by atoms with Crippen LogP contribution in [0.4, 0.5) is 5.69 Å². The molecular weight excluding hydrogens is 408 g/mol. The lowest BCUT2D eigenvalue weighted by atomic mass is 10.1. The summed E-state index contributed by atoms with van der Waals surface area (Å²) in [4.78, 5) is 17.6. The number of amides is 1. The quantitative estimate of drug-likeness (QED) is 0.427. The average Bonchev–Trinajstić information content (AvgIpc) is 3.16. The molecule has 4 rings (SSSR count). The van der Waals surface area contributed by atoms with Crippen molar-refractivity contribution in [3.63, 3.8) is 0 Å². The average molecular weight is 431 g/mol. The summed E-state index contributed by atoms with van der Waals surface area (Å²) in [6, 6.07) is 19.4. The van der Waals surface area contributed by atoms with Crippen LogP contribution in [0.25, 0.3) is 17.1 Å². The number of nitrogens with zero attached hydrogens (tertiary/aromatic N) is 3. The predicted molar refractivity (Wildman–Crippen MR) is 125 cm³/mol. The van der Waals surface area contributed by atoms with Gasteiger partial charge in [0.15, 0.2) is 5.82 Å². The van der Waals surface area contributed by atoms with Gasteiger partial charge in [-0.2, -0.15) is 0 Å². The lowest BCUT2D eigenvalue weighted by Crippen LogP contribution is -2.15. The van der Waals surface area contributed by atoms with Crippen LogP contribution in [0.1, 0.15) is 32.9 Å². The molecule has 0 saturated heterocycles. The van der Waals surface area contributed by atoms with E-state index in [0.717, 1.165) is 39.2 Å². The number of hydrogen-bond acceptors (Lipinski definition) is 3. The van der Waals surface area contributed by atoms with Crippen molar-refractivity contribution < 1.29 is 4.79 Å². The zero-order chi connectivity index (χ0) is 22.1. The minimum Gasteiger partial charge on any atom is -0.319 e. The first kappa shape index (κ1) is 20.8. The number of carbonyl (C=O) groups is 1. The summed E-state index contributed by atoms with van der Waals surface area (Å²) >= 11 is 6.07. The smallest absolute Gasteiger partial charge is 0.295 e. The highest BCUT2D eigenvalue weighted by atomic mass is 35.5. The molecule has 1 amide bonds. The predicted octanol–water partition coefficient (Wildman–Crippen LogP) is 6.07. The van der Waals surface area contributed by atoms with E-state index in [1.165, 1.54) is 0 Å². The molecule has 1 aromatic heterocycles. The van der Waals surface area contributed by atoms with E-state index in [4.69, 9.17) is 11.6 Å². The molecule has 0 aliphatic carbocycles. The number of rotatable bonds is 4. The minimum absolute atomic E-state index is 0.103. The highest BCUT2D eigenvalue weighted by molar-refractivity contribution is 6.30. The number of nitrogens with one attached hydrogen (secondary N) is 1. The van der Waals surface area contributed by atoms with Crippen LogP contribution in [0, 0.1) is 27.7 Å². The number of carbonyl (C=O) groups excluding carboxylic acids is 1. The SMILES string of the molecule is Cc1ccc(-n2nc(C(=O)Nc3cc(C)ccc3C)nc2-c2ccc(Cl)cc2)c(C)c1.